The number of benzene rings is 1. The van der Waals surface area contributed by atoms with E-state index < -0.39 is 0 Å². The van der Waals surface area contributed by atoms with Crippen molar-refractivity contribution >= 4 is 6.03 Å². The molecular formula is C18H27N3O4. The van der Waals surface area contributed by atoms with Crippen molar-refractivity contribution < 1.29 is 19.0 Å². The minimum Gasteiger partial charge on any atom is -0.486 e. The van der Waals surface area contributed by atoms with Gasteiger partial charge < -0.3 is 24.8 Å². The van der Waals surface area contributed by atoms with E-state index in [0.717, 1.165) is 43.4 Å². The van der Waals surface area contributed by atoms with Crippen molar-refractivity contribution in [2.24, 2.45) is 0 Å². The lowest BCUT2D eigenvalue weighted by Crippen LogP contribution is -2.49. The van der Waals surface area contributed by atoms with E-state index in [0.29, 0.717) is 25.8 Å². The SMILES string of the molecule is C[C@H](NC(=O)NC[C@@H](C)N1CCOCC1)c1ccc2c(c1)OCCO2. The van der Waals surface area contributed by atoms with Gasteiger partial charge in [0.15, 0.2) is 11.5 Å². The van der Waals surface area contributed by atoms with Crippen LogP contribution in [0.3, 0.4) is 0 Å². The lowest BCUT2D eigenvalue weighted by molar-refractivity contribution is 0.0209. The van der Waals surface area contributed by atoms with E-state index in [2.05, 4.69) is 22.5 Å². The molecule has 3 rings (SSSR count). The highest BCUT2D eigenvalue weighted by atomic mass is 16.6. The van der Waals surface area contributed by atoms with Gasteiger partial charge in [-0.25, -0.2) is 4.79 Å². The number of hydrogen-bond donors (Lipinski definition) is 2. The Morgan fingerprint density at radius 2 is 1.84 bits per heavy atom. The standard InChI is InChI=1S/C18H27N3O4/c1-13(21-5-7-23-8-6-21)12-19-18(22)20-14(2)15-3-4-16-17(11-15)25-10-9-24-16/h3-4,11,13-14H,5-10,12H2,1-2H3,(H2,19,20,22)/t13-,14+/m1/s1. The molecule has 1 aromatic rings. The highest BCUT2D eigenvalue weighted by Gasteiger charge is 2.19. The van der Waals surface area contributed by atoms with Crippen LogP contribution in [-0.4, -0.2) is 63.0 Å². The number of urea groups is 1. The zero-order valence-corrected chi connectivity index (χ0v) is 14.9. The van der Waals surface area contributed by atoms with Gasteiger partial charge in [-0.3, -0.25) is 4.90 Å². The first-order valence-electron chi connectivity index (χ1n) is 8.89. The summed E-state index contributed by atoms with van der Waals surface area (Å²) in [6, 6.07) is 5.78. The van der Waals surface area contributed by atoms with Gasteiger partial charge in [-0.1, -0.05) is 6.07 Å². The monoisotopic (exact) mass is 349 g/mol. The Bertz CT molecular complexity index is 590. The number of rotatable bonds is 5. The van der Waals surface area contributed by atoms with Gasteiger partial charge in [0.2, 0.25) is 0 Å². The summed E-state index contributed by atoms with van der Waals surface area (Å²) in [4.78, 5) is 14.5. The lowest BCUT2D eigenvalue weighted by atomic mass is 10.1. The molecule has 1 fully saturated rings. The molecule has 7 nitrogen and oxygen atoms in total. The van der Waals surface area contributed by atoms with E-state index in [1.165, 1.54) is 0 Å². The summed E-state index contributed by atoms with van der Waals surface area (Å²) in [5.74, 6) is 1.49. The van der Waals surface area contributed by atoms with Gasteiger partial charge in [-0.05, 0) is 31.5 Å². The van der Waals surface area contributed by atoms with Crippen molar-refractivity contribution in [3.63, 3.8) is 0 Å². The molecule has 0 saturated carbocycles. The molecule has 1 saturated heterocycles. The molecule has 2 aliphatic heterocycles. The summed E-state index contributed by atoms with van der Waals surface area (Å²) in [6.45, 7) is 9.17. The molecule has 138 valence electrons. The van der Waals surface area contributed by atoms with E-state index in [9.17, 15) is 4.79 Å². The Hall–Kier alpha value is -1.99. The van der Waals surface area contributed by atoms with Crippen LogP contribution < -0.4 is 20.1 Å². The fourth-order valence-corrected chi connectivity index (χ4v) is 3.05. The number of hydrogen-bond acceptors (Lipinski definition) is 5. The highest BCUT2D eigenvalue weighted by molar-refractivity contribution is 5.74. The van der Waals surface area contributed by atoms with E-state index in [1.807, 2.05) is 25.1 Å². The molecule has 2 N–H and O–H groups in total. The number of ether oxygens (including phenoxy) is 3. The van der Waals surface area contributed by atoms with Crippen molar-refractivity contribution in [1.29, 1.82) is 0 Å². The second-order valence-electron chi connectivity index (χ2n) is 6.48. The summed E-state index contributed by atoms with van der Waals surface area (Å²) in [6.07, 6.45) is 0. The molecule has 0 unspecified atom stereocenters. The molecule has 1 aromatic carbocycles. The Kier molecular flexibility index (Phi) is 5.99. The first-order valence-corrected chi connectivity index (χ1v) is 8.89. The highest BCUT2D eigenvalue weighted by Crippen LogP contribution is 2.32. The molecule has 2 aliphatic rings. The van der Waals surface area contributed by atoms with Crippen LogP contribution in [0.5, 0.6) is 11.5 Å². The van der Waals surface area contributed by atoms with Crippen molar-refractivity contribution in [2.75, 3.05) is 46.1 Å². The van der Waals surface area contributed by atoms with E-state index >= 15 is 0 Å². The molecular weight excluding hydrogens is 322 g/mol. The fraction of sp³-hybridized carbons (Fsp3) is 0.611. The van der Waals surface area contributed by atoms with Gasteiger partial charge in [-0.15, -0.1) is 0 Å². The second-order valence-corrected chi connectivity index (χ2v) is 6.48. The van der Waals surface area contributed by atoms with Crippen molar-refractivity contribution in [2.45, 2.75) is 25.9 Å². The quantitative estimate of drug-likeness (QED) is 0.844. The summed E-state index contributed by atoms with van der Waals surface area (Å²) < 4.78 is 16.5. The largest absolute Gasteiger partial charge is 0.486 e. The van der Waals surface area contributed by atoms with Crippen LogP contribution in [0.25, 0.3) is 0 Å². The number of fused-ring (bicyclic) bond motifs is 1. The molecule has 7 heteroatoms. The Balaban J connectivity index is 1.47. The van der Waals surface area contributed by atoms with Crippen LogP contribution in [0, 0.1) is 0 Å². The molecule has 25 heavy (non-hydrogen) atoms. The minimum atomic E-state index is -0.164. The number of carbonyl (C=O) groups excluding carboxylic acids is 1. The average Bonchev–Trinajstić information content (AvgIpc) is 2.66. The predicted molar refractivity (Wildman–Crippen MR) is 94.2 cm³/mol. The molecule has 0 bridgehead atoms. The van der Waals surface area contributed by atoms with Crippen molar-refractivity contribution in [3.05, 3.63) is 23.8 Å². The smallest absolute Gasteiger partial charge is 0.315 e. The lowest BCUT2D eigenvalue weighted by Gasteiger charge is -2.32. The van der Waals surface area contributed by atoms with Gasteiger partial charge in [0.1, 0.15) is 13.2 Å². The van der Waals surface area contributed by atoms with E-state index in [1.54, 1.807) is 0 Å². The van der Waals surface area contributed by atoms with Crippen LogP contribution in [-0.2, 0) is 4.74 Å². The Labute approximate surface area is 148 Å². The molecule has 0 radical (unpaired) electrons. The minimum absolute atomic E-state index is 0.116. The molecule has 2 heterocycles. The third-order valence-corrected chi connectivity index (χ3v) is 4.64. The van der Waals surface area contributed by atoms with E-state index in [4.69, 9.17) is 14.2 Å². The van der Waals surface area contributed by atoms with Gasteiger partial charge in [0.25, 0.3) is 0 Å². The first-order chi connectivity index (χ1) is 12.1. The van der Waals surface area contributed by atoms with Crippen molar-refractivity contribution in [1.82, 2.24) is 15.5 Å². The number of morpholine rings is 1. The number of nitrogens with zero attached hydrogens (tertiary/aromatic N) is 1. The molecule has 0 spiro atoms. The van der Waals surface area contributed by atoms with Gasteiger partial charge >= 0.3 is 6.03 Å². The van der Waals surface area contributed by atoms with Crippen LogP contribution in [0.1, 0.15) is 25.5 Å². The zero-order valence-electron chi connectivity index (χ0n) is 14.9. The summed E-state index contributed by atoms with van der Waals surface area (Å²) in [5, 5.41) is 5.93. The third kappa shape index (κ3) is 4.76. The van der Waals surface area contributed by atoms with Crippen LogP contribution in [0.2, 0.25) is 0 Å². The summed E-state index contributed by atoms with van der Waals surface area (Å²) in [5.41, 5.74) is 0.987. The topological polar surface area (TPSA) is 72.1 Å². The average molecular weight is 349 g/mol. The maximum absolute atomic E-state index is 12.2. The van der Waals surface area contributed by atoms with Crippen LogP contribution >= 0.6 is 0 Å². The van der Waals surface area contributed by atoms with Gasteiger partial charge in [-0.2, -0.15) is 0 Å². The van der Waals surface area contributed by atoms with Gasteiger partial charge in [0, 0.05) is 25.7 Å². The maximum atomic E-state index is 12.2. The zero-order chi connectivity index (χ0) is 17.6. The van der Waals surface area contributed by atoms with Crippen LogP contribution in [0.15, 0.2) is 18.2 Å². The number of carbonyl (C=O) groups is 1. The Morgan fingerprint density at radius 1 is 1.12 bits per heavy atom. The maximum Gasteiger partial charge on any atom is 0.315 e. The molecule has 2 atom stereocenters. The second kappa shape index (κ2) is 8.40. The third-order valence-electron chi connectivity index (χ3n) is 4.64. The Morgan fingerprint density at radius 3 is 2.60 bits per heavy atom. The summed E-state index contributed by atoms with van der Waals surface area (Å²) >= 11 is 0. The summed E-state index contributed by atoms with van der Waals surface area (Å²) in [7, 11) is 0. The molecule has 0 aromatic heterocycles. The predicted octanol–water partition coefficient (Wildman–Crippen LogP) is 1.54. The van der Waals surface area contributed by atoms with Crippen molar-refractivity contribution in [3.8, 4) is 11.5 Å². The van der Waals surface area contributed by atoms with Crippen LogP contribution in [0.4, 0.5) is 4.79 Å². The fourth-order valence-electron chi connectivity index (χ4n) is 3.05. The molecule has 0 aliphatic carbocycles. The van der Waals surface area contributed by atoms with Gasteiger partial charge in [0.05, 0.1) is 19.3 Å². The first kappa shape index (κ1) is 17.8. The number of amides is 2. The number of nitrogens with one attached hydrogen (secondary N) is 2. The molecule has 2 amide bonds. The normalized spacial score (nSPS) is 19.8. The van der Waals surface area contributed by atoms with E-state index in [-0.39, 0.29) is 12.1 Å².